The molecule has 0 aliphatic heterocycles. The van der Waals surface area contributed by atoms with Crippen molar-refractivity contribution in [3.63, 3.8) is 0 Å². The Morgan fingerprint density at radius 2 is 0.800 bits per heavy atom. The molecule has 0 saturated carbocycles. The van der Waals surface area contributed by atoms with Gasteiger partial charge in [0.25, 0.3) is 20.0 Å². The standard InChI is InChI=1S/C18H23NO4S2/c1-11-7-13(3)17(14(4)8-11)24(20,21)19-25(22,23)18-15(5)9-12(2)10-16(18)6/h7-10,19H,1-6H3. The van der Waals surface area contributed by atoms with E-state index in [-0.39, 0.29) is 9.79 Å². The molecule has 25 heavy (non-hydrogen) atoms. The Morgan fingerprint density at radius 1 is 0.560 bits per heavy atom. The Hall–Kier alpha value is -1.70. The Kier molecular flexibility index (Phi) is 5.14. The topological polar surface area (TPSA) is 80.3 Å². The van der Waals surface area contributed by atoms with E-state index in [1.54, 1.807) is 52.0 Å². The highest BCUT2D eigenvalue weighted by Crippen LogP contribution is 2.26. The van der Waals surface area contributed by atoms with Gasteiger partial charge in [0, 0.05) is 0 Å². The summed E-state index contributed by atoms with van der Waals surface area (Å²) < 4.78 is 53.0. The molecule has 0 fully saturated rings. The average molecular weight is 382 g/mol. The molecule has 0 aliphatic carbocycles. The van der Waals surface area contributed by atoms with Gasteiger partial charge >= 0.3 is 0 Å². The second kappa shape index (κ2) is 6.55. The first-order valence-electron chi connectivity index (χ1n) is 7.79. The van der Waals surface area contributed by atoms with Crippen LogP contribution in [0.25, 0.3) is 0 Å². The van der Waals surface area contributed by atoms with Gasteiger partial charge in [-0.05, 0) is 63.8 Å². The maximum Gasteiger partial charge on any atom is 0.254 e. The molecule has 7 heteroatoms. The molecule has 5 nitrogen and oxygen atoms in total. The first-order chi connectivity index (χ1) is 11.3. The molecule has 136 valence electrons. The summed E-state index contributed by atoms with van der Waals surface area (Å²) in [5.74, 6) is 0. The second-order valence-corrected chi connectivity index (χ2v) is 10.0. The smallest absolute Gasteiger partial charge is 0.206 e. The molecule has 2 aromatic carbocycles. The van der Waals surface area contributed by atoms with Crippen LogP contribution < -0.4 is 4.13 Å². The molecule has 0 spiro atoms. The number of nitrogens with one attached hydrogen (secondary N) is 1. The Morgan fingerprint density at radius 3 is 1.04 bits per heavy atom. The molecule has 0 atom stereocenters. The van der Waals surface area contributed by atoms with Gasteiger partial charge < -0.3 is 0 Å². The fraction of sp³-hybridized carbons (Fsp3) is 0.333. The van der Waals surface area contributed by atoms with Crippen LogP contribution in [-0.2, 0) is 20.0 Å². The normalized spacial score (nSPS) is 12.4. The Labute approximate surface area is 150 Å². The summed E-state index contributed by atoms with van der Waals surface area (Å²) in [6.07, 6.45) is 0. The van der Waals surface area contributed by atoms with E-state index < -0.39 is 20.0 Å². The summed E-state index contributed by atoms with van der Waals surface area (Å²) in [5, 5.41) is 0. The second-order valence-electron chi connectivity index (χ2n) is 6.55. The summed E-state index contributed by atoms with van der Waals surface area (Å²) in [6.45, 7) is 10.3. The van der Waals surface area contributed by atoms with E-state index in [1.807, 2.05) is 18.0 Å². The maximum absolute atomic E-state index is 12.8. The van der Waals surface area contributed by atoms with E-state index in [4.69, 9.17) is 0 Å². The first-order valence-corrected chi connectivity index (χ1v) is 10.8. The number of aryl methyl sites for hydroxylation is 6. The van der Waals surface area contributed by atoms with E-state index in [0.717, 1.165) is 11.1 Å². The Balaban J connectivity index is 2.59. The molecule has 2 rings (SSSR count). The number of hydrogen-bond donors (Lipinski definition) is 1. The fourth-order valence-corrected chi connectivity index (χ4v) is 7.16. The lowest BCUT2D eigenvalue weighted by Gasteiger charge is -2.16. The van der Waals surface area contributed by atoms with Crippen LogP contribution >= 0.6 is 0 Å². The van der Waals surface area contributed by atoms with Crippen molar-refractivity contribution in [3.8, 4) is 0 Å². The van der Waals surface area contributed by atoms with Crippen LogP contribution in [0.5, 0.6) is 0 Å². The maximum atomic E-state index is 12.8. The van der Waals surface area contributed by atoms with Gasteiger partial charge in [-0.2, -0.15) is 0 Å². The van der Waals surface area contributed by atoms with Crippen LogP contribution in [0.3, 0.4) is 0 Å². The third kappa shape index (κ3) is 3.94. The molecule has 0 heterocycles. The van der Waals surface area contributed by atoms with Gasteiger partial charge in [0.15, 0.2) is 0 Å². The molecular formula is C18H23NO4S2. The van der Waals surface area contributed by atoms with Crippen molar-refractivity contribution in [1.82, 2.24) is 4.13 Å². The fourth-order valence-electron chi connectivity index (χ4n) is 3.41. The van der Waals surface area contributed by atoms with Crippen molar-refractivity contribution in [2.75, 3.05) is 0 Å². The zero-order valence-electron chi connectivity index (χ0n) is 15.3. The zero-order valence-corrected chi connectivity index (χ0v) is 16.9. The van der Waals surface area contributed by atoms with Crippen LogP contribution in [0, 0.1) is 41.5 Å². The van der Waals surface area contributed by atoms with E-state index in [0.29, 0.717) is 22.3 Å². The van der Waals surface area contributed by atoms with Crippen molar-refractivity contribution in [1.29, 1.82) is 0 Å². The molecule has 0 aliphatic rings. The lowest BCUT2D eigenvalue weighted by atomic mass is 10.1. The monoisotopic (exact) mass is 381 g/mol. The Bertz CT molecular complexity index is 921. The molecule has 0 amide bonds. The predicted octanol–water partition coefficient (Wildman–Crippen LogP) is 3.20. The van der Waals surface area contributed by atoms with Crippen LogP contribution in [0.2, 0.25) is 0 Å². The van der Waals surface area contributed by atoms with Crippen molar-refractivity contribution in [2.24, 2.45) is 0 Å². The third-order valence-corrected chi connectivity index (χ3v) is 8.08. The van der Waals surface area contributed by atoms with Crippen molar-refractivity contribution >= 4 is 20.0 Å². The van der Waals surface area contributed by atoms with Crippen LogP contribution in [0.4, 0.5) is 0 Å². The van der Waals surface area contributed by atoms with E-state index in [9.17, 15) is 16.8 Å². The van der Waals surface area contributed by atoms with Gasteiger partial charge in [-0.3, -0.25) is 0 Å². The van der Waals surface area contributed by atoms with Crippen LogP contribution in [0.1, 0.15) is 33.4 Å². The van der Waals surface area contributed by atoms with Crippen molar-refractivity contribution in [3.05, 3.63) is 57.6 Å². The van der Waals surface area contributed by atoms with Crippen LogP contribution in [-0.4, -0.2) is 16.8 Å². The van der Waals surface area contributed by atoms with Gasteiger partial charge in [-0.25, -0.2) is 16.8 Å². The minimum Gasteiger partial charge on any atom is -0.206 e. The molecule has 0 radical (unpaired) electrons. The van der Waals surface area contributed by atoms with Crippen LogP contribution in [0.15, 0.2) is 34.1 Å². The van der Waals surface area contributed by atoms with E-state index >= 15 is 0 Å². The van der Waals surface area contributed by atoms with Gasteiger partial charge in [0.05, 0.1) is 9.79 Å². The zero-order chi connectivity index (χ0) is 19.2. The number of hydrogen-bond acceptors (Lipinski definition) is 4. The third-order valence-electron chi connectivity index (χ3n) is 3.97. The average Bonchev–Trinajstić information content (AvgIpc) is 2.32. The van der Waals surface area contributed by atoms with Gasteiger partial charge in [0.2, 0.25) is 0 Å². The predicted molar refractivity (Wildman–Crippen MR) is 98.8 cm³/mol. The molecule has 0 unspecified atom stereocenters. The van der Waals surface area contributed by atoms with Crippen molar-refractivity contribution < 1.29 is 16.8 Å². The lowest BCUT2D eigenvalue weighted by molar-refractivity contribution is 0.575. The summed E-state index contributed by atoms with van der Waals surface area (Å²) in [4.78, 5) is 0.00758. The van der Waals surface area contributed by atoms with E-state index in [2.05, 4.69) is 0 Å². The summed E-state index contributed by atoms with van der Waals surface area (Å²) in [7, 11) is -8.45. The number of sulfonamides is 2. The summed E-state index contributed by atoms with van der Waals surface area (Å²) in [6, 6.07) is 6.88. The highest BCUT2D eigenvalue weighted by Gasteiger charge is 2.29. The number of benzene rings is 2. The highest BCUT2D eigenvalue weighted by atomic mass is 32.3. The van der Waals surface area contributed by atoms with Gasteiger partial charge in [-0.15, -0.1) is 4.13 Å². The van der Waals surface area contributed by atoms with Crippen molar-refractivity contribution in [2.45, 2.75) is 51.3 Å². The summed E-state index contributed by atoms with van der Waals surface area (Å²) in [5.41, 5.74) is 3.88. The number of rotatable bonds is 4. The molecular weight excluding hydrogens is 358 g/mol. The molecule has 0 bridgehead atoms. The highest BCUT2D eigenvalue weighted by molar-refractivity contribution is 8.04. The largest absolute Gasteiger partial charge is 0.254 e. The minimum atomic E-state index is -4.23. The van der Waals surface area contributed by atoms with E-state index in [1.165, 1.54) is 0 Å². The lowest BCUT2D eigenvalue weighted by Crippen LogP contribution is -2.32. The van der Waals surface area contributed by atoms with Gasteiger partial charge in [-0.1, -0.05) is 35.4 Å². The SMILES string of the molecule is Cc1cc(C)c(S(=O)(=O)NS(=O)(=O)c2c(C)cc(C)cc2C)c(C)c1. The first kappa shape index (κ1) is 19.6. The van der Waals surface area contributed by atoms with Gasteiger partial charge in [0.1, 0.15) is 0 Å². The minimum absolute atomic E-state index is 0.00379. The molecule has 0 saturated heterocycles. The summed E-state index contributed by atoms with van der Waals surface area (Å²) >= 11 is 0. The quantitative estimate of drug-likeness (QED) is 0.882. The molecule has 1 N–H and O–H groups in total. The molecule has 0 aromatic heterocycles. The molecule has 2 aromatic rings.